The molecule has 0 saturated carbocycles. The number of hydrogen-bond donors (Lipinski definition) is 0. The molecule has 2 aromatic carbocycles. The SMILES string of the molecule is O=C(CCC1(c2ccccc2)C(=O)C=C2CCCCN21)c1ccccc1. The minimum absolute atomic E-state index is 0.0964. The Morgan fingerprint density at radius 3 is 2.38 bits per heavy atom. The van der Waals surface area contributed by atoms with Gasteiger partial charge in [0.05, 0.1) is 0 Å². The number of allylic oxidation sites excluding steroid dienone is 1. The molecule has 4 rings (SSSR count). The quantitative estimate of drug-likeness (QED) is 0.749. The average Bonchev–Trinajstić information content (AvgIpc) is 2.99. The third-order valence-corrected chi connectivity index (χ3v) is 5.64. The van der Waals surface area contributed by atoms with Gasteiger partial charge in [0, 0.05) is 30.3 Å². The largest absolute Gasteiger partial charge is 0.358 e. The highest BCUT2D eigenvalue weighted by atomic mass is 16.1. The Morgan fingerprint density at radius 2 is 1.65 bits per heavy atom. The first-order valence-corrected chi connectivity index (χ1v) is 9.38. The van der Waals surface area contributed by atoms with Gasteiger partial charge in [0.15, 0.2) is 11.6 Å². The van der Waals surface area contributed by atoms with Gasteiger partial charge in [-0.2, -0.15) is 0 Å². The van der Waals surface area contributed by atoms with Crippen molar-refractivity contribution in [3.8, 4) is 0 Å². The van der Waals surface area contributed by atoms with Crippen LogP contribution in [-0.2, 0) is 10.3 Å². The van der Waals surface area contributed by atoms with Crippen molar-refractivity contribution in [1.29, 1.82) is 0 Å². The van der Waals surface area contributed by atoms with Crippen LogP contribution >= 0.6 is 0 Å². The van der Waals surface area contributed by atoms with Crippen molar-refractivity contribution in [3.05, 3.63) is 83.6 Å². The second-order valence-corrected chi connectivity index (χ2v) is 7.12. The molecule has 3 nitrogen and oxygen atoms in total. The van der Waals surface area contributed by atoms with E-state index in [4.69, 9.17) is 0 Å². The van der Waals surface area contributed by atoms with Crippen molar-refractivity contribution in [2.75, 3.05) is 6.54 Å². The smallest absolute Gasteiger partial charge is 0.187 e. The number of carbonyl (C=O) groups excluding carboxylic acids is 2. The zero-order valence-corrected chi connectivity index (χ0v) is 14.9. The van der Waals surface area contributed by atoms with Gasteiger partial charge in [0.25, 0.3) is 0 Å². The topological polar surface area (TPSA) is 37.4 Å². The molecule has 0 spiro atoms. The summed E-state index contributed by atoms with van der Waals surface area (Å²) in [6.45, 7) is 0.881. The molecular weight excluding hydrogens is 322 g/mol. The number of nitrogens with zero attached hydrogens (tertiary/aromatic N) is 1. The van der Waals surface area contributed by atoms with Gasteiger partial charge in [-0.15, -0.1) is 0 Å². The normalized spacial score (nSPS) is 22.1. The van der Waals surface area contributed by atoms with Crippen LogP contribution in [0.15, 0.2) is 72.4 Å². The summed E-state index contributed by atoms with van der Waals surface area (Å²) in [7, 11) is 0. The zero-order chi connectivity index (χ0) is 18.0. The molecule has 26 heavy (non-hydrogen) atoms. The standard InChI is InChI=1S/C23H23NO2/c25-21(18-9-3-1-4-10-18)14-15-23(19-11-5-2-6-12-19)22(26)17-20-13-7-8-16-24(20)23/h1-6,9-12,17H,7-8,13-16H2. The molecule has 2 aliphatic rings. The van der Waals surface area contributed by atoms with Crippen LogP contribution < -0.4 is 0 Å². The summed E-state index contributed by atoms with van der Waals surface area (Å²) in [4.78, 5) is 28.1. The Bertz CT molecular complexity index is 841. The molecular formula is C23H23NO2. The summed E-state index contributed by atoms with van der Waals surface area (Å²) in [5.41, 5.74) is 2.13. The molecule has 1 saturated heterocycles. The van der Waals surface area contributed by atoms with Crippen LogP contribution in [0.25, 0.3) is 0 Å². The lowest BCUT2D eigenvalue weighted by molar-refractivity contribution is -0.124. The van der Waals surface area contributed by atoms with E-state index >= 15 is 0 Å². The van der Waals surface area contributed by atoms with E-state index in [-0.39, 0.29) is 11.6 Å². The molecule has 3 heteroatoms. The highest BCUT2D eigenvalue weighted by Crippen LogP contribution is 2.45. The van der Waals surface area contributed by atoms with Crippen molar-refractivity contribution < 1.29 is 9.59 Å². The van der Waals surface area contributed by atoms with Crippen molar-refractivity contribution in [2.24, 2.45) is 0 Å². The third kappa shape index (κ3) is 2.78. The number of Topliss-reactive ketones (excluding diaryl/α,β-unsaturated/α-hetero) is 1. The molecule has 132 valence electrons. The Morgan fingerprint density at radius 1 is 0.962 bits per heavy atom. The third-order valence-electron chi connectivity index (χ3n) is 5.64. The fourth-order valence-corrected chi connectivity index (χ4v) is 4.32. The van der Waals surface area contributed by atoms with E-state index in [9.17, 15) is 9.59 Å². The maximum atomic E-state index is 13.2. The van der Waals surface area contributed by atoms with Gasteiger partial charge in [0.1, 0.15) is 5.54 Å². The molecule has 0 bridgehead atoms. The Kier molecular flexibility index (Phi) is 4.46. The van der Waals surface area contributed by atoms with Crippen molar-refractivity contribution in [2.45, 2.75) is 37.6 Å². The van der Waals surface area contributed by atoms with E-state index < -0.39 is 5.54 Å². The minimum atomic E-state index is -0.721. The number of carbonyl (C=O) groups is 2. The highest BCUT2D eigenvalue weighted by Gasteiger charge is 2.49. The lowest BCUT2D eigenvalue weighted by Crippen LogP contribution is -2.48. The first-order chi connectivity index (χ1) is 12.7. The summed E-state index contributed by atoms with van der Waals surface area (Å²) < 4.78 is 0. The van der Waals surface area contributed by atoms with Gasteiger partial charge in [-0.3, -0.25) is 9.59 Å². The minimum Gasteiger partial charge on any atom is -0.358 e. The van der Waals surface area contributed by atoms with E-state index in [2.05, 4.69) is 4.90 Å². The van der Waals surface area contributed by atoms with E-state index in [1.54, 1.807) is 0 Å². The fraction of sp³-hybridized carbons (Fsp3) is 0.304. The second kappa shape index (κ2) is 6.91. The van der Waals surface area contributed by atoms with Crippen LogP contribution in [0.2, 0.25) is 0 Å². The summed E-state index contributed by atoms with van der Waals surface area (Å²) in [5.74, 6) is 0.223. The van der Waals surface area contributed by atoms with Crippen LogP contribution in [0.5, 0.6) is 0 Å². The summed E-state index contributed by atoms with van der Waals surface area (Å²) in [6.07, 6.45) is 5.87. The molecule has 1 fully saturated rings. The van der Waals surface area contributed by atoms with Gasteiger partial charge < -0.3 is 4.90 Å². The highest BCUT2D eigenvalue weighted by molar-refractivity contribution is 6.03. The molecule has 0 N–H and O–H groups in total. The van der Waals surface area contributed by atoms with Gasteiger partial charge in [-0.25, -0.2) is 0 Å². The maximum absolute atomic E-state index is 13.2. The molecule has 0 radical (unpaired) electrons. The van der Waals surface area contributed by atoms with Crippen LogP contribution in [0.4, 0.5) is 0 Å². The van der Waals surface area contributed by atoms with Crippen LogP contribution in [-0.4, -0.2) is 23.0 Å². The van der Waals surface area contributed by atoms with Gasteiger partial charge in [-0.05, 0) is 31.2 Å². The molecule has 2 heterocycles. The molecule has 1 atom stereocenters. The van der Waals surface area contributed by atoms with Gasteiger partial charge in [0.2, 0.25) is 0 Å². The number of rotatable bonds is 5. The van der Waals surface area contributed by atoms with Crippen LogP contribution in [0, 0.1) is 0 Å². The maximum Gasteiger partial charge on any atom is 0.187 e. The van der Waals surface area contributed by atoms with Crippen molar-refractivity contribution in [1.82, 2.24) is 4.90 Å². The lowest BCUT2D eigenvalue weighted by atomic mass is 9.80. The van der Waals surface area contributed by atoms with Crippen molar-refractivity contribution in [3.63, 3.8) is 0 Å². The number of benzene rings is 2. The molecule has 2 aliphatic heterocycles. The number of hydrogen-bond acceptors (Lipinski definition) is 3. The average molecular weight is 345 g/mol. The van der Waals surface area contributed by atoms with Gasteiger partial charge in [-0.1, -0.05) is 60.7 Å². The molecule has 0 aliphatic carbocycles. The second-order valence-electron chi connectivity index (χ2n) is 7.12. The number of ketones is 2. The Labute approximate surface area is 154 Å². The lowest BCUT2D eigenvalue weighted by Gasteiger charge is -2.43. The van der Waals surface area contributed by atoms with E-state index in [1.807, 2.05) is 66.7 Å². The first-order valence-electron chi connectivity index (χ1n) is 9.38. The molecule has 0 aromatic heterocycles. The number of piperidine rings is 1. The number of fused-ring (bicyclic) bond motifs is 1. The predicted molar refractivity (Wildman–Crippen MR) is 102 cm³/mol. The van der Waals surface area contributed by atoms with Crippen LogP contribution in [0.1, 0.15) is 48.0 Å². The summed E-state index contributed by atoms with van der Waals surface area (Å²) >= 11 is 0. The van der Waals surface area contributed by atoms with Crippen molar-refractivity contribution >= 4 is 11.6 Å². The summed E-state index contributed by atoms with van der Waals surface area (Å²) in [5, 5.41) is 0. The van der Waals surface area contributed by atoms with E-state index in [0.717, 1.165) is 37.1 Å². The molecule has 0 amide bonds. The first kappa shape index (κ1) is 16.8. The molecule has 1 unspecified atom stereocenters. The monoisotopic (exact) mass is 345 g/mol. The fourth-order valence-electron chi connectivity index (χ4n) is 4.32. The zero-order valence-electron chi connectivity index (χ0n) is 14.9. The van der Waals surface area contributed by atoms with E-state index in [0.29, 0.717) is 18.4 Å². The Balaban J connectivity index is 1.67. The summed E-state index contributed by atoms with van der Waals surface area (Å²) in [6, 6.07) is 19.3. The predicted octanol–water partition coefficient (Wildman–Crippen LogP) is 4.50. The van der Waals surface area contributed by atoms with Crippen LogP contribution in [0.3, 0.4) is 0 Å². The molecule has 2 aromatic rings. The van der Waals surface area contributed by atoms with Gasteiger partial charge >= 0.3 is 0 Å². The van der Waals surface area contributed by atoms with E-state index in [1.165, 1.54) is 0 Å². The Hall–Kier alpha value is -2.68.